The van der Waals surface area contributed by atoms with Crippen LogP contribution in [0.1, 0.15) is 59.2 Å². The fourth-order valence-electron chi connectivity index (χ4n) is 4.61. The van der Waals surface area contributed by atoms with E-state index in [4.69, 9.17) is 4.98 Å². The molecule has 0 unspecified atom stereocenters. The van der Waals surface area contributed by atoms with E-state index < -0.39 is 0 Å². The van der Waals surface area contributed by atoms with Crippen LogP contribution < -0.4 is 5.32 Å². The van der Waals surface area contributed by atoms with E-state index in [2.05, 4.69) is 34.5 Å². The molecule has 154 valence electrons. The quantitative estimate of drug-likeness (QED) is 0.591. The van der Waals surface area contributed by atoms with Gasteiger partial charge in [0, 0.05) is 17.8 Å². The van der Waals surface area contributed by atoms with Gasteiger partial charge in [0.15, 0.2) is 0 Å². The highest BCUT2D eigenvalue weighted by atomic mass is 32.1. The van der Waals surface area contributed by atoms with Gasteiger partial charge in [0.1, 0.15) is 16.1 Å². The molecule has 0 spiro atoms. The molecule has 5 rings (SSSR count). The number of nitrogens with one attached hydrogen (secondary N) is 1. The molecule has 0 radical (unpaired) electrons. The number of likely N-dealkylation sites (tertiary alicyclic amines) is 1. The van der Waals surface area contributed by atoms with Crippen molar-refractivity contribution in [2.45, 2.75) is 51.0 Å². The van der Waals surface area contributed by atoms with Gasteiger partial charge in [-0.25, -0.2) is 4.98 Å². The fraction of sp³-hybridized carbons (Fsp3) is 0.435. The summed E-state index contributed by atoms with van der Waals surface area (Å²) in [4.78, 5) is 21.2. The molecule has 7 heteroatoms. The Bertz CT molecular complexity index is 1090. The minimum atomic E-state index is 0.0000434. The van der Waals surface area contributed by atoms with E-state index >= 15 is 0 Å². The van der Waals surface area contributed by atoms with Crippen LogP contribution in [0.15, 0.2) is 24.3 Å². The number of nitrogens with zero attached hydrogens (tertiary/aromatic N) is 3. The molecular formula is C23H24N4OS2. The number of carbonyl (C=O) groups is 1. The maximum atomic E-state index is 12.7. The monoisotopic (exact) mass is 436 g/mol. The fourth-order valence-corrected chi connectivity index (χ4v) is 7.01. The molecule has 30 heavy (non-hydrogen) atoms. The lowest BCUT2D eigenvalue weighted by atomic mass is 9.96. The summed E-state index contributed by atoms with van der Waals surface area (Å²) in [5.41, 5.74) is 2.92. The Morgan fingerprint density at radius 3 is 2.97 bits per heavy atom. The Hall–Kier alpha value is -2.27. The molecule has 1 atom stereocenters. The number of aryl methyl sites for hydroxylation is 1. The van der Waals surface area contributed by atoms with Gasteiger partial charge >= 0.3 is 0 Å². The molecule has 5 nitrogen and oxygen atoms in total. The number of hydrogen-bond acceptors (Lipinski definition) is 6. The Balaban J connectivity index is 1.24. The molecule has 1 N–H and O–H groups in total. The number of amides is 1. The number of aromatic nitrogens is 1. The smallest absolute Gasteiger partial charge is 0.226 e. The molecule has 2 aliphatic rings. The van der Waals surface area contributed by atoms with Crippen molar-refractivity contribution in [3.8, 4) is 6.07 Å². The van der Waals surface area contributed by atoms with Gasteiger partial charge in [0.25, 0.3) is 0 Å². The predicted octanol–water partition coefficient (Wildman–Crippen LogP) is 5.27. The average molecular weight is 437 g/mol. The molecule has 2 aromatic heterocycles. The highest BCUT2D eigenvalue weighted by Gasteiger charge is 2.29. The first-order valence-electron chi connectivity index (χ1n) is 10.7. The van der Waals surface area contributed by atoms with E-state index in [1.165, 1.54) is 21.6 Å². The number of thiophene rings is 1. The first-order valence-corrected chi connectivity index (χ1v) is 12.3. The summed E-state index contributed by atoms with van der Waals surface area (Å²) < 4.78 is 1.22. The van der Waals surface area contributed by atoms with Crippen LogP contribution in [0, 0.1) is 11.3 Å². The van der Waals surface area contributed by atoms with E-state index in [9.17, 15) is 10.1 Å². The van der Waals surface area contributed by atoms with Crippen LogP contribution >= 0.6 is 22.7 Å². The van der Waals surface area contributed by atoms with Crippen molar-refractivity contribution in [2.24, 2.45) is 0 Å². The van der Waals surface area contributed by atoms with Crippen LogP contribution in [-0.2, 0) is 17.6 Å². The van der Waals surface area contributed by atoms with Crippen LogP contribution in [0.3, 0.4) is 0 Å². The molecule has 1 saturated heterocycles. The average Bonchev–Trinajstić information content (AvgIpc) is 3.47. The molecule has 1 amide bonds. The Morgan fingerprint density at radius 1 is 1.23 bits per heavy atom. The molecule has 1 aliphatic heterocycles. The number of nitriles is 1. The summed E-state index contributed by atoms with van der Waals surface area (Å²) >= 11 is 3.36. The Morgan fingerprint density at radius 2 is 2.10 bits per heavy atom. The van der Waals surface area contributed by atoms with E-state index in [0.717, 1.165) is 60.7 Å². The first kappa shape index (κ1) is 19.7. The van der Waals surface area contributed by atoms with Gasteiger partial charge in [-0.05, 0) is 62.8 Å². The number of benzene rings is 1. The van der Waals surface area contributed by atoms with Gasteiger partial charge in [-0.15, -0.1) is 22.7 Å². The van der Waals surface area contributed by atoms with Crippen LogP contribution in [0.5, 0.6) is 0 Å². The van der Waals surface area contributed by atoms with Crippen molar-refractivity contribution in [2.75, 3.05) is 18.4 Å². The second kappa shape index (κ2) is 8.46. The molecule has 0 saturated carbocycles. The molecular weight excluding hydrogens is 412 g/mol. The maximum Gasteiger partial charge on any atom is 0.226 e. The van der Waals surface area contributed by atoms with E-state index in [1.54, 1.807) is 22.7 Å². The molecule has 3 aromatic rings. The third-order valence-corrected chi connectivity index (χ3v) is 8.47. The van der Waals surface area contributed by atoms with Crippen LogP contribution in [0.2, 0.25) is 0 Å². The van der Waals surface area contributed by atoms with E-state index in [1.807, 2.05) is 6.07 Å². The van der Waals surface area contributed by atoms with Gasteiger partial charge in [-0.1, -0.05) is 12.1 Å². The zero-order valence-electron chi connectivity index (χ0n) is 16.8. The van der Waals surface area contributed by atoms with Crippen molar-refractivity contribution < 1.29 is 4.79 Å². The van der Waals surface area contributed by atoms with Gasteiger partial charge in [-0.2, -0.15) is 5.26 Å². The lowest BCUT2D eigenvalue weighted by Gasteiger charge is -2.22. The third kappa shape index (κ3) is 3.76. The molecule has 1 fully saturated rings. The highest BCUT2D eigenvalue weighted by Crippen LogP contribution is 2.38. The van der Waals surface area contributed by atoms with Gasteiger partial charge in [0.05, 0.1) is 21.8 Å². The minimum Gasteiger partial charge on any atom is -0.317 e. The van der Waals surface area contributed by atoms with Crippen LogP contribution in [-0.4, -0.2) is 28.9 Å². The summed E-state index contributed by atoms with van der Waals surface area (Å²) in [5, 5.41) is 14.5. The summed E-state index contributed by atoms with van der Waals surface area (Å²) in [6, 6.07) is 10.9. The van der Waals surface area contributed by atoms with Crippen molar-refractivity contribution in [1.82, 2.24) is 9.88 Å². The molecule has 0 bridgehead atoms. The number of fused-ring (bicyclic) bond motifs is 2. The maximum absolute atomic E-state index is 12.7. The lowest BCUT2D eigenvalue weighted by molar-refractivity contribution is -0.116. The number of para-hydroxylation sites is 1. The zero-order valence-corrected chi connectivity index (χ0v) is 18.5. The number of hydrogen-bond donors (Lipinski definition) is 1. The number of anilines is 1. The standard InChI is InChI=1S/C23H24N4OS2/c24-14-16-15-6-1-3-9-19(15)29-22(16)26-21(28)11-13-27-12-5-8-18(27)23-25-17-7-2-4-10-20(17)30-23/h2,4,7,10,18H,1,3,5-6,8-9,11-13H2,(H,26,28)/t18-/m1/s1. The van der Waals surface area contributed by atoms with Crippen molar-refractivity contribution >= 4 is 43.8 Å². The van der Waals surface area contributed by atoms with Crippen molar-refractivity contribution in [3.63, 3.8) is 0 Å². The zero-order chi connectivity index (χ0) is 20.5. The summed E-state index contributed by atoms with van der Waals surface area (Å²) in [7, 11) is 0. The van der Waals surface area contributed by atoms with Crippen molar-refractivity contribution in [1.29, 1.82) is 5.26 Å². The summed E-state index contributed by atoms with van der Waals surface area (Å²) in [6.45, 7) is 1.73. The summed E-state index contributed by atoms with van der Waals surface area (Å²) in [6.07, 6.45) is 6.97. The summed E-state index contributed by atoms with van der Waals surface area (Å²) in [5.74, 6) is 0.0000434. The van der Waals surface area contributed by atoms with E-state index in [0.29, 0.717) is 18.0 Å². The van der Waals surface area contributed by atoms with E-state index in [-0.39, 0.29) is 5.91 Å². The highest BCUT2D eigenvalue weighted by molar-refractivity contribution is 7.18. The first-order chi connectivity index (χ1) is 14.7. The van der Waals surface area contributed by atoms with Crippen LogP contribution in [0.4, 0.5) is 5.00 Å². The van der Waals surface area contributed by atoms with Crippen LogP contribution in [0.25, 0.3) is 10.2 Å². The Labute approximate surface area is 184 Å². The largest absolute Gasteiger partial charge is 0.317 e. The SMILES string of the molecule is N#Cc1c(NC(=O)CCN2CCC[C@@H]2c2nc3ccccc3s2)sc2c1CCCC2. The van der Waals surface area contributed by atoms with Gasteiger partial charge in [-0.3, -0.25) is 9.69 Å². The Kier molecular flexibility index (Phi) is 5.55. The second-order valence-electron chi connectivity index (χ2n) is 8.04. The third-order valence-electron chi connectivity index (χ3n) is 6.12. The topological polar surface area (TPSA) is 69.0 Å². The second-order valence-corrected chi connectivity index (χ2v) is 10.2. The normalized spacial score (nSPS) is 19.0. The minimum absolute atomic E-state index is 0.0000434. The van der Waals surface area contributed by atoms with Crippen molar-refractivity contribution in [3.05, 3.63) is 45.3 Å². The number of thiazole rings is 1. The molecule has 3 heterocycles. The van der Waals surface area contributed by atoms with Gasteiger partial charge < -0.3 is 5.32 Å². The van der Waals surface area contributed by atoms with Gasteiger partial charge in [0.2, 0.25) is 5.91 Å². The molecule has 1 aliphatic carbocycles. The predicted molar refractivity (Wildman–Crippen MR) is 122 cm³/mol. The molecule has 1 aromatic carbocycles. The number of carbonyl (C=O) groups excluding carboxylic acids is 1. The lowest BCUT2D eigenvalue weighted by Crippen LogP contribution is -2.27. The number of rotatable bonds is 5.